The summed E-state index contributed by atoms with van der Waals surface area (Å²) in [7, 11) is 0. The van der Waals surface area contributed by atoms with Crippen molar-refractivity contribution in [1.82, 2.24) is 0 Å². The van der Waals surface area contributed by atoms with Gasteiger partial charge in [0.25, 0.3) is 0 Å². The van der Waals surface area contributed by atoms with E-state index in [2.05, 4.69) is 6.92 Å². The number of esters is 1. The van der Waals surface area contributed by atoms with Crippen molar-refractivity contribution in [3.8, 4) is 0 Å². The first-order valence-corrected chi connectivity index (χ1v) is 11.7. The Morgan fingerprint density at radius 3 is 1.46 bits per heavy atom. The maximum atomic E-state index is 12.0. The Morgan fingerprint density at radius 2 is 1.11 bits per heavy atom. The van der Waals surface area contributed by atoms with Crippen LogP contribution < -0.4 is 0 Å². The molecule has 0 aliphatic rings. The van der Waals surface area contributed by atoms with Crippen LogP contribution in [-0.4, -0.2) is 33.5 Å². The van der Waals surface area contributed by atoms with Gasteiger partial charge in [0.15, 0.2) is 6.10 Å². The number of unbranched alkanes of at least 4 members (excludes halogenated alkanes) is 13. The second-order valence-corrected chi connectivity index (χ2v) is 9.39. The molecule has 4 nitrogen and oxygen atoms in total. The molecule has 0 aliphatic carbocycles. The molecule has 28 heavy (non-hydrogen) atoms. The van der Waals surface area contributed by atoms with Gasteiger partial charge in [0.1, 0.15) is 5.60 Å². The molecule has 4 heteroatoms. The van der Waals surface area contributed by atoms with E-state index in [1.165, 1.54) is 70.6 Å². The molecule has 0 bridgehead atoms. The highest BCUT2D eigenvalue weighted by Crippen LogP contribution is 2.26. The lowest BCUT2D eigenvalue weighted by atomic mass is 9.89. The Balaban J connectivity index is 3.54. The summed E-state index contributed by atoms with van der Waals surface area (Å²) in [6, 6.07) is 0. The van der Waals surface area contributed by atoms with E-state index in [-0.39, 0.29) is 0 Å². The highest BCUT2D eigenvalue weighted by atomic mass is 16.6. The van der Waals surface area contributed by atoms with Crippen LogP contribution in [0.4, 0.5) is 0 Å². The van der Waals surface area contributed by atoms with Gasteiger partial charge in [-0.2, -0.15) is 0 Å². The lowest BCUT2D eigenvalue weighted by Gasteiger charge is -2.37. The average Bonchev–Trinajstić information content (AvgIpc) is 2.60. The van der Waals surface area contributed by atoms with Crippen LogP contribution in [0.2, 0.25) is 0 Å². The number of hydrogen-bond acceptors (Lipinski definition) is 4. The minimum absolute atomic E-state index is 0.429. The van der Waals surface area contributed by atoms with E-state index in [0.29, 0.717) is 6.42 Å². The van der Waals surface area contributed by atoms with Crippen LogP contribution in [0, 0.1) is 0 Å². The maximum Gasteiger partial charge on any atom is 0.335 e. The van der Waals surface area contributed by atoms with Crippen molar-refractivity contribution >= 4 is 5.97 Å². The Kier molecular flexibility index (Phi) is 14.9. The normalized spacial score (nSPS) is 13.5. The van der Waals surface area contributed by atoms with Crippen LogP contribution in [0.15, 0.2) is 0 Å². The topological polar surface area (TPSA) is 66.8 Å². The first-order chi connectivity index (χ1) is 13.1. The van der Waals surface area contributed by atoms with Crippen molar-refractivity contribution in [3.05, 3.63) is 0 Å². The van der Waals surface area contributed by atoms with Gasteiger partial charge in [-0.3, -0.25) is 0 Å². The van der Waals surface area contributed by atoms with Gasteiger partial charge >= 0.3 is 5.97 Å². The molecule has 0 fully saturated rings. The standard InChI is InChI=1S/C24H48O4/c1-6-7-8-9-10-11-12-13-14-15-16-17-18-19-20-21(25)22(26)28-24(4,5)23(2,3)27/h21,25,27H,6-20H2,1-5H3. The molecule has 2 N–H and O–H groups in total. The summed E-state index contributed by atoms with van der Waals surface area (Å²) in [6.07, 6.45) is 17.3. The maximum absolute atomic E-state index is 12.0. The number of ether oxygens (including phenoxy) is 1. The fourth-order valence-electron chi connectivity index (χ4n) is 3.09. The molecule has 0 rings (SSSR count). The number of carbonyl (C=O) groups excluding carboxylic acids is 1. The lowest BCUT2D eigenvalue weighted by Crippen LogP contribution is -2.49. The molecule has 0 aromatic carbocycles. The van der Waals surface area contributed by atoms with Crippen molar-refractivity contribution in [2.24, 2.45) is 0 Å². The van der Waals surface area contributed by atoms with Crippen molar-refractivity contribution in [1.29, 1.82) is 0 Å². The highest BCUT2D eigenvalue weighted by Gasteiger charge is 2.39. The van der Waals surface area contributed by atoms with Gasteiger partial charge in [-0.1, -0.05) is 96.8 Å². The monoisotopic (exact) mass is 400 g/mol. The molecule has 0 saturated carbocycles. The van der Waals surface area contributed by atoms with E-state index in [9.17, 15) is 15.0 Å². The van der Waals surface area contributed by atoms with Crippen LogP contribution in [-0.2, 0) is 9.53 Å². The molecule has 0 amide bonds. The SMILES string of the molecule is CCCCCCCCCCCCCCCCC(O)C(=O)OC(C)(C)C(C)(C)O. The average molecular weight is 401 g/mol. The van der Waals surface area contributed by atoms with E-state index < -0.39 is 23.3 Å². The van der Waals surface area contributed by atoms with Gasteiger partial charge in [0, 0.05) is 0 Å². The molecule has 0 aromatic rings. The van der Waals surface area contributed by atoms with Gasteiger partial charge < -0.3 is 14.9 Å². The van der Waals surface area contributed by atoms with Crippen molar-refractivity contribution in [2.75, 3.05) is 0 Å². The first-order valence-electron chi connectivity index (χ1n) is 11.7. The molecule has 0 saturated heterocycles. The van der Waals surface area contributed by atoms with Gasteiger partial charge in [0.2, 0.25) is 0 Å². The summed E-state index contributed by atoms with van der Waals surface area (Å²) in [5.41, 5.74) is -2.18. The van der Waals surface area contributed by atoms with E-state index in [0.717, 1.165) is 19.3 Å². The predicted octanol–water partition coefficient (Wildman–Crippen LogP) is 6.31. The number of aliphatic hydroxyl groups is 2. The molecule has 1 atom stereocenters. The molecular formula is C24H48O4. The molecule has 0 radical (unpaired) electrons. The molecule has 1 unspecified atom stereocenters. The Morgan fingerprint density at radius 1 is 0.750 bits per heavy atom. The zero-order valence-corrected chi connectivity index (χ0v) is 19.4. The third-order valence-electron chi connectivity index (χ3n) is 5.93. The second kappa shape index (κ2) is 15.3. The third kappa shape index (κ3) is 13.5. The Labute approximate surface area is 174 Å². The first kappa shape index (κ1) is 27.4. The minimum atomic E-state index is -1.16. The Hall–Kier alpha value is -0.610. The number of aliphatic hydroxyl groups excluding tert-OH is 1. The van der Waals surface area contributed by atoms with Gasteiger partial charge in [-0.25, -0.2) is 4.79 Å². The van der Waals surface area contributed by atoms with Gasteiger partial charge in [0.05, 0.1) is 5.60 Å². The molecule has 0 spiro atoms. The fraction of sp³-hybridized carbons (Fsp3) is 0.958. The summed E-state index contributed by atoms with van der Waals surface area (Å²) < 4.78 is 5.29. The largest absolute Gasteiger partial charge is 0.455 e. The second-order valence-electron chi connectivity index (χ2n) is 9.39. The van der Waals surface area contributed by atoms with Gasteiger partial charge in [-0.05, 0) is 34.1 Å². The van der Waals surface area contributed by atoms with Crippen LogP contribution >= 0.6 is 0 Å². The van der Waals surface area contributed by atoms with Gasteiger partial charge in [-0.15, -0.1) is 0 Å². The summed E-state index contributed by atoms with van der Waals surface area (Å²) in [6.45, 7) is 8.77. The van der Waals surface area contributed by atoms with E-state index >= 15 is 0 Å². The molecule has 0 aliphatic heterocycles. The van der Waals surface area contributed by atoms with Crippen LogP contribution in [0.25, 0.3) is 0 Å². The minimum Gasteiger partial charge on any atom is -0.455 e. The van der Waals surface area contributed by atoms with Crippen molar-refractivity contribution in [3.63, 3.8) is 0 Å². The van der Waals surface area contributed by atoms with Crippen LogP contribution in [0.3, 0.4) is 0 Å². The van der Waals surface area contributed by atoms with E-state index in [1.807, 2.05) is 0 Å². The third-order valence-corrected chi connectivity index (χ3v) is 5.93. The summed E-state index contributed by atoms with van der Waals surface area (Å²) >= 11 is 0. The molecule has 0 aromatic heterocycles. The summed E-state index contributed by atoms with van der Waals surface area (Å²) in [5.74, 6) is -0.637. The zero-order chi connectivity index (χ0) is 21.5. The van der Waals surface area contributed by atoms with Crippen molar-refractivity contribution in [2.45, 2.75) is 148 Å². The molecular weight excluding hydrogens is 352 g/mol. The quantitative estimate of drug-likeness (QED) is 0.209. The smallest absolute Gasteiger partial charge is 0.335 e. The van der Waals surface area contributed by atoms with E-state index in [4.69, 9.17) is 4.74 Å². The fourth-order valence-corrected chi connectivity index (χ4v) is 3.09. The summed E-state index contributed by atoms with van der Waals surface area (Å²) in [5, 5.41) is 20.0. The van der Waals surface area contributed by atoms with Crippen LogP contribution in [0.5, 0.6) is 0 Å². The zero-order valence-electron chi connectivity index (χ0n) is 19.4. The number of carbonyl (C=O) groups is 1. The van der Waals surface area contributed by atoms with E-state index in [1.54, 1.807) is 27.7 Å². The molecule has 0 heterocycles. The molecule has 168 valence electrons. The lowest BCUT2D eigenvalue weighted by molar-refractivity contribution is -0.189. The van der Waals surface area contributed by atoms with Crippen LogP contribution in [0.1, 0.15) is 131 Å². The Bertz CT molecular complexity index is 385. The summed E-state index contributed by atoms with van der Waals surface area (Å²) in [4.78, 5) is 12.0. The number of hydrogen-bond donors (Lipinski definition) is 2. The van der Waals surface area contributed by atoms with Crippen molar-refractivity contribution < 1.29 is 19.7 Å². The highest BCUT2D eigenvalue weighted by molar-refractivity contribution is 5.74. The number of rotatable bonds is 18. The predicted molar refractivity (Wildman–Crippen MR) is 117 cm³/mol.